The number of benzene rings is 2. The number of pyridine rings is 1. The van der Waals surface area contributed by atoms with Crippen LogP contribution in [0.25, 0.3) is 21.7 Å². The smallest absolute Gasteiger partial charge is 0.176 e. The first kappa shape index (κ1) is 16.6. The lowest BCUT2D eigenvalue weighted by atomic mass is 9.75. The number of methoxy groups -OCH3 is 2. The van der Waals surface area contributed by atoms with Gasteiger partial charge in [-0.1, -0.05) is 6.42 Å². The number of aromatic hydroxyl groups is 1. The molecule has 1 N–H and O–H groups in total. The summed E-state index contributed by atoms with van der Waals surface area (Å²) in [4.78, 5) is 4.46. The minimum Gasteiger partial charge on any atom is -0.504 e. The molecule has 0 saturated heterocycles. The van der Waals surface area contributed by atoms with E-state index in [2.05, 4.69) is 4.98 Å². The average molecular weight is 367 g/mol. The summed E-state index contributed by atoms with van der Waals surface area (Å²) >= 11 is 0. The van der Waals surface area contributed by atoms with Gasteiger partial charge in [0.25, 0.3) is 0 Å². The van der Waals surface area contributed by atoms with E-state index in [1.807, 2.05) is 12.1 Å². The van der Waals surface area contributed by atoms with Crippen molar-refractivity contribution in [2.45, 2.75) is 32.1 Å². The standard InChI is InChI=1S/C22H22FNO3/c1-26-18-8-14-13-6-11-4-3-5-12(11)7-16(13)22-20(15(14)9-19(18)27-2)21(23)17(25)10-24-22/h8-12,25H,3-7H2,1-2H3. The zero-order valence-corrected chi connectivity index (χ0v) is 15.5. The summed E-state index contributed by atoms with van der Waals surface area (Å²) in [6.07, 6.45) is 6.90. The summed E-state index contributed by atoms with van der Waals surface area (Å²) < 4.78 is 26.0. The molecule has 2 aliphatic rings. The Hall–Kier alpha value is -2.56. The lowest BCUT2D eigenvalue weighted by Gasteiger charge is -2.30. The quantitative estimate of drug-likeness (QED) is 0.663. The molecule has 1 aromatic heterocycles. The molecule has 2 aromatic carbocycles. The van der Waals surface area contributed by atoms with Crippen LogP contribution in [-0.4, -0.2) is 24.3 Å². The first-order valence-corrected chi connectivity index (χ1v) is 9.49. The van der Waals surface area contributed by atoms with Crippen LogP contribution in [0, 0.1) is 17.7 Å². The van der Waals surface area contributed by atoms with Crippen molar-refractivity contribution in [1.29, 1.82) is 0 Å². The molecule has 0 aliphatic heterocycles. The van der Waals surface area contributed by atoms with Crippen molar-refractivity contribution >= 4 is 21.7 Å². The fourth-order valence-electron chi connectivity index (χ4n) is 5.22. The molecule has 2 unspecified atom stereocenters. The second kappa shape index (κ2) is 5.98. The Bertz CT molecular complexity index is 1080. The molecule has 3 aromatic rings. The average Bonchev–Trinajstić information content (AvgIpc) is 3.15. The Balaban J connectivity index is 1.93. The van der Waals surface area contributed by atoms with E-state index in [0.717, 1.165) is 29.2 Å². The number of fused-ring (bicyclic) bond motifs is 7. The molecular weight excluding hydrogens is 345 g/mol. The number of rotatable bonds is 2. The summed E-state index contributed by atoms with van der Waals surface area (Å²) in [6.45, 7) is 0. The van der Waals surface area contributed by atoms with Crippen molar-refractivity contribution < 1.29 is 19.0 Å². The fraction of sp³-hybridized carbons (Fsp3) is 0.409. The number of hydrogen-bond acceptors (Lipinski definition) is 4. The molecule has 5 rings (SSSR count). The van der Waals surface area contributed by atoms with Crippen molar-refractivity contribution in [3.8, 4) is 17.2 Å². The molecule has 4 nitrogen and oxygen atoms in total. The first-order chi connectivity index (χ1) is 13.1. The van der Waals surface area contributed by atoms with Gasteiger partial charge in [-0.2, -0.15) is 0 Å². The highest BCUT2D eigenvalue weighted by molar-refractivity contribution is 6.11. The van der Waals surface area contributed by atoms with Gasteiger partial charge in [-0.25, -0.2) is 4.39 Å². The fourth-order valence-corrected chi connectivity index (χ4v) is 5.22. The van der Waals surface area contributed by atoms with Crippen LogP contribution < -0.4 is 9.47 Å². The predicted molar refractivity (Wildman–Crippen MR) is 102 cm³/mol. The minimum atomic E-state index is -0.617. The zero-order chi connectivity index (χ0) is 18.7. The molecule has 0 bridgehead atoms. The molecule has 1 heterocycles. The maximum atomic E-state index is 15.0. The van der Waals surface area contributed by atoms with Crippen LogP contribution >= 0.6 is 0 Å². The molecule has 0 radical (unpaired) electrons. The summed E-state index contributed by atoms with van der Waals surface area (Å²) in [6, 6.07) is 3.76. The molecule has 2 atom stereocenters. The molecule has 0 spiro atoms. The Morgan fingerprint density at radius 1 is 1.00 bits per heavy atom. The van der Waals surface area contributed by atoms with E-state index in [4.69, 9.17) is 9.47 Å². The summed E-state index contributed by atoms with van der Waals surface area (Å²) in [5.41, 5.74) is 3.05. The van der Waals surface area contributed by atoms with Crippen LogP contribution in [0.4, 0.5) is 4.39 Å². The van der Waals surface area contributed by atoms with Crippen LogP contribution in [0.2, 0.25) is 0 Å². The van der Waals surface area contributed by atoms with Gasteiger partial charge >= 0.3 is 0 Å². The normalized spacial score (nSPS) is 21.3. The molecule has 140 valence electrons. The number of nitrogens with zero attached hydrogens (tertiary/aromatic N) is 1. The number of aromatic nitrogens is 1. The maximum Gasteiger partial charge on any atom is 0.176 e. The van der Waals surface area contributed by atoms with Crippen LogP contribution in [0.1, 0.15) is 30.4 Å². The van der Waals surface area contributed by atoms with E-state index in [0.29, 0.717) is 34.2 Å². The molecular formula is C22H22FNO3. The van der Waals surface area contributed by atoms with Crippen molar-refractivity contribution in [2.24, 2.45) is 11.8 Å². The maximum absolute atomic E-state index is 15.0. The van der Waals surface area contributed by atoms with E-state index in [1.165, 1.54) is 31.0 Å². The third-order valence-corrected chi connectivity index (χ3v) is 6.51. The summed E-state index contributed by atoms with van der Waals surface area (Å²) in [5, 5.41) is 12.0. The molecule has 1 saturated carbocycles. The SMILES string of the molecule is COc1cc2c3c(c4ncc(O)c(F)c4c2cc1OC)CC1CCCC1C3. The Morgan fingerprint density at radius 2 is 1.63 bits per heavy atom. The molecule has 2 aliphatic carbocycles. The second-order valence-corrected chi connectivity index (χ2v) is 7.75. The number of hydrogen-bond donors (Lipinski definition) is 1. The van der Waals surface area contributed by atoms with E-state index >= 15 is 4.39 Å². The Morgan fingerprint density at radius 3 is 2.30 bits per heavy atom. The van der Waals surface area contributed by atoms with Gasteiger partial charge in [0.05, 0.1) is 25.9 Å². The van der Waals surface area contributed by atoms with Crippen molar-refractivity contribution in [1.82, 2.24) is 4.98 Å². The van der Waals surface area contributed by atoms with E-state index < -0.39 is 11.6 Å². The Labute approximate surface area is 156 Å². The monoisotopic (exact) mass is 367 g/mol. The van der Waals surface area contributed by atoms with Gasteiger partial charge in [0.15, 0.2) is 23.1 Å². The van der Waals surface area contributed by atoms with E-state index in [-0.39, 0.29) is 0 Å². The van der Waals surface area contributed by atoms with Gasteiger partial charge in [-0.15, -0.1) is 0 Å². The Kier molecular flexibility index (Phi) is 3.67. The third-order valence-electron chi connectivity index (χ3n) is 6.51. The van der Waals surface area contributed by atoms with Crippen LogP contribution in [0.3, 0.4) is 0 Å². The van der Waals surface area contributed by atoms with Crippen LogP contribution in [0.15, 0.2) is 18.3 Å². The highest BCUT2D eigenvalue weighted by Gasteiger charge is 2.35. The highest BCUT2D eigenvalue weighted by atomic mass is 19.1. The first-order valence-electron chi connectivity index (χ1n) is 9.49. The summed E-state index contributed by atoms with van der Waals surface area (Å²) in [5.74, 6) is 1.48. The molecule has 0 amide bonds. The topological polar surface area (TPSA) is 51.6 Å². The van der Waals surface area contributed by atoms with Gasteiger partial charge < -0.3 is 14.6 Å². The zero-order valence-electron chi connectivity index (χ0n) is 15.5. The van der Waals surface area contributed by atoms with Gasteiger partial charge in [0.1, 0.15) is 0 Å². The van der Waals surface area contributed by atoms with Gasteiger partial charge in [0.2, 0.25) is 0 Å². The van der Waals surface area contributed by atoms with Gasteiger partial charge in [-0.05, 0) is 71.6 Å². The molecule has 27 heavy (non-hydrogen) atoms. The highest BCUT2D eigenvalue weighted by Crippen LogP contribution is 2.48. The minimum absolute atomic E-state index is 0.376. The lowest BCUT2D eigenvalue weighted by molar-refractivity contribution is 0.355. The van der Waals surface area contributed by atoms with Crippen LogP contribution in [-0.2, 0) is 12.8 Å². The summed E-state index contributed by atoms with van der Waals surface area (Å²) in [7, 11) is 3.18. The van der Waals surface area contributed by atoms with E-state index in [9.17, 15) is 5.11 Å². The van der Waals surface area contributed by atoms with Gasteiger partial charge in [-0.3, -0.25) is 4.98 Å². The predicted octanol–water partition coefficient (Wildman–Crippen LogP) is 4.76. The largest absolute Gasteiger partial charge is 0.504 e. The third kappa shape index (κ3) is 2.30. The van der Waals surface area contributed by atoms with Crippen molar-refractivity contribution in [2.75, 3.05) is 14.2 Å². The molecule has 5 heteroatoms. The van der Waals surface area contributed by atoms with Crippen molar-refractivity contribution in [3.63, 3.8) is 0 Å². The number of ether oxygens (including phenoxy) is 2. The van der Waals surface area contributed by atoms with Gasteiger partial charge in [0, 0.05) is 5.39 Å². The second-order valence-electron chi connectivity index (χ2n) is 7.75. The van der Waals surface area contributed by atoms with Crippen molar-refractivity contribution in [3.05, 3.63) is 35.3 Å². The number of halogens is 1. The van der Waals surface area contributed by atoms with Crippen LogP contribution in [0.5, 0.6) is 17.2 Å². The lowest BCUT2D eigenvalue weighted by Crippen LogP contribution is -2.21. The molecule has 1 fully saturated rings. The van der Waals surface area contributed by atoms with E-state index in [1.54, 1.807) is 14.2 Å².